The molecule has 1 heterocycles. The van der Waals surface area contributed by atoms with Crippen LogP contribution in [0.25, 0.3) is 0 Å². The number of carbonyl (C=O) groups is 1. The fourth-order valence-corrected chi connectivity index (χ4v) is 2.12. The predicted octanol–water partition coefficient (Wildman–Crippen LogP) is 1.02. The van der Waals surface area contributed by atoms with Gasteiger partial charge >= 0.3 is 5.97 Å². The number of ether oxygens (including phenoxy) is 2. The number of carboxylic acids is 1. The van der Waals surface area contributed by atoms with E-state index in [1.807, 2.05) is 0 Å². The first kappa shape index (κ1) is 14.4. The molecule has 100 valence electrons. The standard InChI is InChI=1S/C12H23NO4/c1-16-8-9-17-7-3-5-10-4-2-6-11(13-10)12(14)15/h10-11,13H,2-9H2,1H3,(H,14,15). The zero-order valence-electron chi connectivity index (χ0n) is 10.5. The van der Waals surface area contributed by atoms with Gasteiger partial charge in [0.1, 0.15) is 6.04 Å². The maximum absolute atomic E-state index is 10.8. The highest BCUT2D eigenvalue weighted by molar-refractivity contribution is 5.73. The molecule has 2 atom stereocenters. The Bertz CT molecular complexity index is 223. The highest BCUT2D eigenvalue weighted by Crippen LogP contribution is 2.16. The first-order valence-corrected chi connectivity index (χ1v) is 6.29. The Balaban J connectivity index is 2.04. The Morgan fingerprint density at radius 1 is 1.35 bits per heavy atom. The molecule has 0 aliphatic carbocycles. The van der Waals surface area contributed by atoms with E-state index in [4.69, 9.17) is 14.6 Å². The van der Waals surface area contributed by atoms with Gasteiger partial charge in [-0.1, -0.05) is 0 Å². The quantitative estimate of drug-likeness (QED) is 0.625. The van der Waals surface area contributed by atoms with Crippen molar-refractivity contribution in [2.45, 2.75) is 44.2 Å². The smallest absolute Gasteiger partial charge is 0.320 e. The van der Waals surface area contributed by atoms with Crippen LogP contribution in [-0.4, -0.2) is 50.1 Å². The molecule has 0 spiro atoms. The topological polar surface area (TPSA) is 67.8 Å². The molecule has 17 heavy (non-hydrogen) atoms. The van der Waals surface area contributed by atoms with E-state index in [0.29, 0.717) is 19.3 Å². The molecule has 1 saturated heterocycles. The van der Waals surface area contributed by atoms with Crippen LogP contribution >= 0.6 is 0 Å². The maximum Gasteiger partial charge on any atom is 0.320 e. The number of aliphatic carboxylic acids is 1. The molecule has 1 aliphatic rings. The molecule has 2 unspecified atom stereocenters. The van der Waals surface area contributed by atoms with Gasteiger partial charge in [0.05, 0.1) is 13.2 Å². The molecule has 5 heteroatoms. The minimum atomic E-state index is -0.731. The van der Waals surface area contributed by atoms with Crippen LogP contribution in [0.3, 0.4) is 0 Å². The van der Waals surface area contributed by atoms with E-state index in [1.54, 1.807) is 7.11 Å². The lowest BCUT2D eigenvalue weighted by atomic mass is 9.96. The van der Waals surface area contributed by atoms with Crippen molar-refractivity contribution >= 4 is 5.97 Å². The number of nitrogens with one attached hydrogen (secondary N) is 1. The van der Waals surface area contributed by atoms with Gasteiger partial charge in [-0.15, -0.1) is 0 Å². The van der Waals surface area contributed by atoms with Gasteiger partial charge in [0.2, 0.25) is 0 Å². The van der Waals surface area contributed by atoms with Gasteiger partial charge in [-0.05, 0) is 32.1 Å². The average molecular weight is 245 g/mol. The van der Waals surface area contributed by atoms with E-state index in [-0.39, 0.29) is 6.04 Å². The first-order chi connectivity index (χ1) is 8.24. The number of rotatable bonds is 8. The zero-order chi connectivity index (χ0) is 12.5. The van der Waals surface area contributed by atoms with Gasteiger partial charge < -0.3 is 19.9 Å². The van der Waals surface area contributed by atoms with Crippen molar-refractivity contribution in [1.82, 2.24) is 5.32 Å². The molecule has 2 N–H and O–H groups in total. The van der Waals surface area contributed by atoms with Crippen molar-refractivity contribution in [2.24, 2.45) is 0 Å². The van der Waals surface area contributed by atoms with Crippen molar-refractivity contribution in [1.29, 1.82) is 0 Å². The minimum Gasteiger partial charge on any atom is -0.480 e. The summed E-state index contributed by atoms with van der Waals surface area (Å²) in [6.07, 6.45) is 4.77. The summed E-state index contributed by atoms with van der Waals surface area (Å²) in [6, 6.07) is -0.0287. The van der Waals surface area contributed by atoms with E-state index >= 15 is 0 Å². The van der Waals surface area contributed by atoms with E-state index in [2.05, 4.69) is 5.32 Å². The number of piperidine rings is 1. The summed E-state index contributed by atoms with van der Waals surface area (Å²) in [5.41, 5.74) is 0. The molecule has 0 aromatic carbocycles. The van der Waals surface area contributed by atoms with Gasteiger partial charge in [-0.3, -0.25) is 4.79 Å². The highest BCUT2D eigenvalue weighted by atomic mass is 16.5. The van der Waals surface area contributed by atoms with Gasteiger partial charge in [0.25, 0.3) is 0 Å². The Morgan fingerprint density at radius 3 is 2.88 bits per heavy atom. The molecule has 1 aliphatic heterocycles. The Labute approximate surface area is 102 Å². The number of hydrogen-bond donors (Lipinski definition) is 2. The van der Waals surface area contributed by atoms with Crippen LogP contribution in [0.15, 0.2) is 0 Å². The number of hydrogen-bond acceptors (Lipinski definition) is 4. The van der Waals surface area contributed by atoms with E-state index in [1.165, 1.54) is 0 Å². The second kappa shape index (κ2) is 8.44. The molecule has 0 aromatic heterocycles. The molecule has 0 bridgehead atoms. The minimum absolute atomic E-state index is 0.330. The van der Waals surface area contributed by atoms with Crippen molar-refractivity contribution in [3.63, 3.8) is 0 Å². The molecule has 1 rings (SSSR count). The molecular weight excluding hydrogens is 222 g/mol. The SMILES string of the molecule is COCCOCCCC1CCCC(C(=O)O)N1. The maximum atomic E-state index is 10.8. The third-order valence-corrected chi connectivity index (χ3v) is 3.05. The van der Waals surface area contributed by atoms with Gasteiger partial charge in [0, 0.05) is 19.8 Å². The van der Waals surface area contributed by atoms with E-state index in [0.717, 1.165) is 38.7 Å². The molecule has 0 saturated carbocycles. The summed E-state index contributed by atoms with van der Waals surface area (Å²) < 4.78 is 10.2. The van der Waals surface area contributed by atoms with Crippen LogP contribution in [0.2, 0.25) is 0 Å². The summed E-state index contributed by atoms with van der Waals surface area (Å²) >= 11 is 0. The molecular formula is C12H23NO4. The van der Waals surface area contributed by atoms with Crippen LogP contribution in [0.5, 0.6) is 0 Å². The summed E-state index contributed by atoms with van der Waals surface area (Å²) in [5, 5.41) is 12.1. The lowest BCUT2D eigenvalue weighted by molar-refractivity contribution is -0.140. The summed E-state index contributed by atoms with van der Waals surface area (Å²) in [7, 11) is 1.65. The van der Waals surface area contributed by atoms with Gasteiger partial charge in [-0.2, -0.15) is 0 Å². The fraction of sp³-hybridized carbons (Fsp3) is 0.917. The predicted molar refractivity (Wildman–Crippen MR) is 64.1 cm³/mol. The lowest BCUT2D eigenvalue weighted by Crippen LogP contribution is -2.46. The van der Waals surface area contributed by atoms with Gasteiger partial charge in [-0.25, -0.2) is 0 Å². The first-order valence-electron chi connectivity index (χ1n) is 6.29. The summed E-state index contributed by atoms with van der Waals surface area (Å²) in [5.74, 6) is -0.731. The molecule has 5 nitrogen and oxygen atoms in total. The van der Waals surface area contributed by atoms with Crippen molar-refractivity contribution in [3.8, 4) is 0 Å². The Hall–Kier alpha value is -0.650. The summed E-state index contributed by atoms with van der Waals surface area (Å²) in [6.45, 7) is 1.98. The third kappa shape index (κ3) is 6.00. The lowest BCUT2D eigenvalue weighted by Gasteiger charge is -2.28. The number of methoxy groups -OCH3 is 1. The normalized spacial score (nSPS) is 24.8. The van der Waals surface area contributed by atoms with Crippen LogP contribution in [0.1, 0.15) is 32.1 Å². The molecule has 1 fully saturated rings. The fourth-order valence-electron chi connectivity index (χ4n) is 2.12. The monoisotopic (exact) mass is 245 g/mol. The largest absolute Gasteiger partial charge is 0.480 e. The highest BCUT2D eigenvalue weighted by Gasteiger charge is 2.25. The van der Waals surface area contributed by atoms with Crippen LogP contribution < -0.4 is 5.32 Å². The van der Waals surface area contributed by atoms with Crippen molar-refractivity contribution < 1.29 is 19.4 Å². The molecule has 0 aromatic rings. The van der Waals surface area contributed by atoms with Crippen LogP contribution in [0.4, 0.5) is 0 Å². The van der Waals surface area contributed by atoms with E-state index < -0.39 is 5.97 Å². The average Bonchev–Trinajstić information content (AvgIpc) is 2.34. The van der Waals surface area contributed by atoms with Crippen LogP contribution in [0, 0.1) is 0 Å². The van der Waals surface area contributed by atoms with Crippen molar-refractivity contribution in [2.75, 3.05) is 26.9 Å². The summed E-state index contributed by atoms with van der Waals surface area (Å²) in [4.78, 5) is 10.8. The van der Waals surface area contributed by atoms with Crippen LogP contribution in [-0.2, 0) is 14.3 Å². The van der Waals surface area contributed by atoms with E-state index in [9.17, 15) is 4.79 Å². The Kier molecular flexibility index (Phi) is 7.16. The Morgan fingerprint density at radius 2 is 2.18 bits per heavy atom. The molecule has 0 radical (unpaired) electrons. The second-order valence-electron chi connectivity index (χ2n) is 4.43. The number of carboxylic acid groups (broad SMARTS) is 1. The molecule has 0 amide bonds. The third-order valence-electron chi connectivity index (χ3n) is 3.05. The second-order valence-corrected chi connectivity index (χ2v) is 4.43. The zero-order valence-corrected chi connectivity index (χ0v) is 10.5. The van der Waals surface area contributed by atoms with Crippen molar-refractivity contribution in [3.05, 3.63) is 0 Å². The van der Waals surface area contributed by atoms with Gasteiger partial charge in [0.15, 0.2) is 0 Å².